The van der Waals surface area contributed by atoms with Crippen molar-refractivity contribution in [1.29, 1.82) is 0 Å². The molecule has 1 heterocycles. The van der Waals surface area contributed by atoms with Crippen molar-refractivity contribution in [2.75, 3.05) is 0 Å². The van der Waals surface area contributed by atoms with Gasteiger partial charge in [-0.05, 0) is 0 Å². The Balaban J connectivity index is 2.83. The van der Waals surface area contributed by atoms with E-state index in [4.69, 9.17) is 0 Å². The maximum absolute atomic E-state index is 4.23. The molecule has 0 aliphatic rings. The molecule has 54 valence electrons. The Kier molecular flexibility index (Phi) is 1.59. The molecular formula is C7H6AsN3. The van der Waals surface area contributed by atoms with Crippen LogP contribution in [0.2, 0.25) is 0 Å². The van der Waals surface area contributed by atoms with Crippen LogP contribution in [0.3, 0.4) is 0 Å². The van der Waals surface area contributed by atoms with Gasteiger partial charge in [0, 0.05) is 0 Å². The van der Waals surface area contributed by atoms with Crippen LogP contribution < -0.4 is 4.61 Å². The Hall–Kier alpha value is -0.952. The zero-order valence-electron chi connectivity index (χ0n) is 5.73. The Morgan fingerprint density at radius 3 is 2.55 bits per heavy atom. The Bertz CT molecular complexity index is 388. The molecule has 0 saturated carbocycles. The molecule has 1 aromatic carbocycles. The summed E-state index contributed by atoms with van der Waals surface area (Å²) in [5, 5.41) is 7.86. The number of hydrogen-bond donors (Lipinski definition) is 0. The van der Waals surface area contributed by atoms with Crippen LogP contribution in [0.1, 0.15) is 0 Å². The zero-order valence-corrected chi connectivity index (χ0v) is 8.15. The summed E-state index contributed by atoms with van der Waals surface area (Å²) in [5.41, 5.74) is 1.77. The molecule has 0 saturated heterocycles. The van der Waals surface area contributed by atoms with E-state index < -0.39 is 0 Å². The Morgan fingerprint density at radius 1 is 1.00 bits per heavy atom. The van der Waals surface area contributed by atoms with Gasteiger partial charge in [-0.25, -0.2) is 0 Å². The molecule has 0 aliphatic heterocycles. The predicted molar refractivity (Wildman–Crippen MR) is 45.5 cm³/mol. The molecule has 0 fully saturated rings. The normalized spacial score (nSPS) is 10.3. The molecule has 2 aromatic rings. The summed E-state index contributed by atoms with van der Waals surface area (Å²) in [5.74, 6) is 0. The van der Waals surface area contributed by atoms with E-state index in [9.17, 15) is 0 Å². The van der Waals surface area contributed by atoms with Crippen molar-refractivity contribution in [2.24, 2.45) is 0 Å². The number of aromatic nitrogens is 3. The summed E-state index contributed by atoms with van der Waals surface area (Å²) in [4.78, 5) is 4.23. The zero-order chi connectivity index (χ0) is 7.68. The van der Waals surface area contributed by atoms with Crippen molar-refractivity contribution in [2.45, 2.75) is 0 Å². The Morgan fingerprint density at radius 2 is 1.73 bits per heavy atom. The van der Waals surface area contributed by atoms with E-state index in [0.29, 0.717) is 0 Å². The second kappa shape index (κ2) is 2.59. The SMILES string of the molecule is [AsH2]c1nnc2ccccc2n1. The summed E-state index contributed by atoms with van der Waals surface area (Å²) in [6.07, 6.45) is 0. The van der Waals surface area contributed by atoms with Gasteiger partial charge in [-0.3, -0.25) is 0 Å². The summed E-state index contributed by atoms with van der Waals surface area (Å²) in [6.45, 7) is 0. The first kappa shape index (κ1) is 6.74. The van der Waals surface area contributed by atoms with E-state index in [-0.39, 0.29) is 0 Å². The van der Waals surface area contributed by atoms with E-state index >= 15 is 0 Å². The van der Waals surface area contributed by atoms with Crippen LogP contribution in [0.15, 0.2) is 24.3 Å². The van der Waals surface area contributed by atoms with E-state index in [1.54, 1.807) is 0 Å². The summed E-state index contributed by atoms with van der Waals surface area (Å²) >= 11 is 1.39. The van der Waals surface area contributed by atoms with Crippen molar-refractivity contribution in [3.8, 4) is 0 Å². The first-order valence-corrected chi connectivity index (χ1v) is 4.42. The van der Waals surface area contributed by atoms with Crippen molar-refractivity contribution >= 4 is 32.5 Å². The fourth-order valence-electron chi connectivity index (χ4n) is 0.894. The third-order valence-corrected chi connectivity index (χ3v) is 1.89. The van der Waals surface area contributed by atoms with Crippen molar-refractivity contribution in [1.82, 2.24) is 15.2 Å². The average Bonchev–Trinajstić information content (AvgIpc) is 2.04. The average molecular weight is 207 g/mol. The quantitative estimate of drug-likeness (QED) is 0.535. The summed E-state index contributed by atoms with van der Waals surface area (Å²) < 4.78 is 0.774. The first-order valence-electron chi connectivity index (χ1n) is 3.21. The van der Waals surface area contributed by atoms with Gasteiger partial charge >= 0.3 is 71.9 Å². The minimum atomic E-state index is 0.774. The van der Waals surface area contributed by atoms with E-state index in [2.05, 4.69) is 15.2 Å². The van der Waals surface area contributed by atoms with Crippen LogP contribution in [-0.2, 0) is 0 Å². The minimum absolute atomic E-state index is 0.774. The monoisotopic (exact) mass is 207 g/mol. The van der Waals surface area contributed by atoms with Crippen LogP contribution in [0.25, 0.3) is 11.0 Å². The first-order chi connectivity index (χ1) is 5.36. The fraction of sp³-hybridized carbons (Fsp3) is 0. The number of para-hydroxylation sites is 1. The third-order valence-electron chi connectivity index (χ3n) is 1.38. The van der Waals surface area contributed by atoms with Crippen LogP contribution in [0.5, 0.6) is 0 Å². The molecule has 0 bridgehead atoms. The van der Waals surface area contributed by atoms with Crippen molar-refractivity contribution < 1.29 is 0 Å². The topological polar surface area (TPSA) is 38.7 Å². The Labute approximate surface area is 72.4 Å². The molecule has 0 amide bonds. The molecule has 1 aromatic heterocycles. The third kappa shape index (κ3) is 1.24. The summed E-state index contributed by atoms with van der Waals surface area (Å²) in [6, 6.07) is 7.72. The molecule has 0 radical (unpaired) electrons. The number of fused-ring (bicyclic) bond motifs is 1. The van der Waals surface area contributed by atoms with E-state index in [1.165, 1.54) is 16.9 Å². The summed E-state index contributed by atoms with van der Waals surface area (Å²) in [7, 11) is 0. The van der Waals surface area contributed by atoms with Gasteiger partial charge < -0.3 is 0 Å². The molecule has 2 rings (SSSR count). The van der Waals surface area contributed by atoms with E-state index in [0.717, 1.165) is 15.6 Å². The second-order valence-corrected chi connectivity index (χ2v) is 3.24. The molecule has 0 aliphatic carbocycles. The standard InChI is InChI=1S/C7H6AsN3/c8-7-9-5-3-1-2-4-6(5)10-11-7/h1-4H,8H2. The molecule has 1 unspecified atom stereocenters. The molecule has 11 heavy (non-hydrogen) atoms. The van der Waals surface area contributed by atoms with Crippen LogP contribution in [0.4, 0.5) is 0 Å². The fourth-order valence-corrected chi connectivity index (χ4v) is 1.31. The van der Waals surface area contributed by atoms with E-state index in [1.807, 2.05) is 24.3 Å². The van der Waals surface area contributed by atoms with Gasteiger partial charge in [0.15, 0.2) is 0 Å². The number of rotatable bonds is 0. The van der Waals surface area contributed by atoms with Crippen molar-refractivity contribution in [3.05, 3.63) is 24.3 Å². The van der Waals surface area contributed by atoms with Gasteiger partial charge in [-0.15, -0.1) is 0 Å². The molecule has 0 N–H and O–H groups in total. The van der Waals surface area contributed by atoms with Gasteiger partial charge in [0.05, 0.1) is 0 Å². The predicted octanol–water partition coefficient (Wildman–Crippen LogP) is -0.717. The van der Waals surface area contributed by atoms with Crippen LogP contribution in [-0.4, -0.2) is 32.0 Å². The molecule has 0 spiro atoms. The number of nitrogens with zero attached hydrogens (tertiary/aromatic N) is 3. The van der Waals surface area contributed by atoms with Crippen molar-refractivity contribution in [3.63, 3.8) is 0 Å². The second-order valence-electron chi connectivity index (χ2n) is 2.16. The van der Waals surface area contributed by atoms with Crippen LogP contribution >= 0.6 is 0 Å². The number of hydrogen-bond acceptors (Lipinski definition) is 3. The molecule has 3 nitrogen and oxygen atoms in total. The van der Waals surface area contributed by atoms with Gasteiger partial charge in [0.1, 0.15) is 0 Å². The van der Waals surface area contributed by atoms with Gasteiger partial charge in [0.2, 0.25) is 0 Å². The maximum atomic E-state index is 4.23. The number of benzene rings is 1. The molecule has 4 heteroatoms. The van der Waals surface area contributed by atoms with Gasteiger partial charge in [0.25, 0.3) is 0 Å². The van der Waals surface area contributed by atoms with Gasteiger partial charge in [-0.1, -0.05) is 0 Å². The molecular weight excluding hydrogens is 201 g/mol. The molecule has 1 atom stereocenters. The van der Waals surface area contributed by atoms with Gasteiger partial charge in [-0.2, -0.15) is 0 Å². The van der Waals surface area contributed by atoms with Crippen LogP contribution in [0, 0.1) is 0 Å².